The van der Waals surface area contributed by atoms with Crippen molar-refractivity contribution >= 4 is 16.3 Å². The molecular formula is C11H23N3O4S. The molecule has 1 aliphatic rings. The Morgan fingerprint density at radius 3 is 2.42 bits per heavy atom. The van der Waals surface area contributed by atoms with Gasteiger partial charge in [0.2, 0.25) is 0 Å². The maximum Gasteiger partial charge on any atom is 0.422 e. The zero-order valence-electron chi connectivity index (χ0n) is 11.7. The molecule has 1 amide bonds. The van der Waals surface area contributed by atoms with Crippen LogP contribution in [0.5, 0.6) is 0 Å². The fraction of sp³-hybridized carbons (Fsp3) is 0.909. The van der Waals surface area contributed by atoms with Gasteiger partial charge in [0.25, 0.3) is 0 Å². The molecule has 0 saturated carbocycles. The SMILES string of the molecule is CCNC1CCN(S(=O)(=O)NC(=O)OC(C)C)CC1. The highest BCUT2D eigenvalue weighted by atomic mass is 32.2. The summed E-state index contributed by atoms with van der Waals surface area (Å²) in [4.78, 5) is 11.3. The molecule has 0 aromatic carbocycles. The fourth-order valence-electron chi connectivity index (χ4n) is 2.00. The third-order valence-corrected chi connectivity index (χ3v) is 4.31. The Morgan fingerprint density at radius 2 is 1.95 bits per heavy atom. The molecule has 2 N–H and O–H groups in total. The van der Waals surface area contributed by atoms with Crippen molar-refractivity contribution in [3.8, 4) is 0 Å². The minimum atomic E-state index is -3.79. The molecule has 0 atom stereocenters. The first kappa shape index (κ1) is 16.2. The Morgan fingerprint density at radius 1 is 1.37 bits per heavy atom. The zero-order valence-corrected chi connectivity index (χ0v) is 12.5. The van der Waals surface area contributed by atoms with Crippen LogP contribution in [0.25, 0.3) is 0 Å². The standard InChI is InChI=1S/C11H23N3O4S/c1-4-12-10-5-7-14(8-6-10)19(16,17)13-11(15)18-9(2)3/h9-10,12H,4-8H2,1-3H3,(H,13,15). The van der Waals surface area contributed by atoms with Gasteiger partial charge in [-0.05, 0) is 33.2 Å². The van der Waals surface area contributed by atoms with Crippen molar-refractivity contribution < 1.29 is 17.9 Å². The highest BCUT2D eigenvalue weighted by Gasteiger charge is 2.29. The molecule has 112 valence electrons. The molecule has 19 heavy (non-hydrogen) atoms. The summed E-state index contributed by atoms with van der Waals surface area (Å²) >= 11 is 0. The number of rotatable bonds is 5. The van der Waals surface area contributed by atoms with Gasteiger partial charge in [-0.15, -0.1) is 0 Å². The number of nitrogens with one attached hydrogen (secondary N) is 2. The molecule has 0 unspecified atom stereocenters. The van der Waals surface area contributed by atoms with E-state index in [1.54, 1.807) is 13.8 Å². The Bertz CT molecular complexity index is 389. The van der Waals surface area contributed by atoms with Crippen LogP contribution in [-0.2, 0) is 14.9 Å². The van der Waals surface area contributed by atoms with E-state index in [0.29, 0.717) is 19.1 Å². The van der Waals surface area contributed by atoms with E-state index in [9.17, 15) is 13.2 Å². The lowest BCUT2D eigenvalue weighted by molar-refractivity contribution is 0.120. The number of carbonyl (C=O) groups is 1. The normalized spacial score (nSPS) is 18.5. The molecule has 0 aliphatic carbocycles. The van der Waals surface area contributed by atoms with Gasteiger partial charge in [-0.25, -0.2) is 9.52 Å². The summed E-state index contributed by atoms with van der Waals surface area (Å²) in [6, 6.07) is 0.346. The van der Waals surface area contributed by atoms with Crippen LogP contribution in [0.15, 0.2) is 0 Å². The molecular weight excluding hydrogens is 270 g/mol. The maximum atomic E-state index is 11.9. The van der Waals surface area contributed by atoms with Crippen LogP contribution in [0.4, 0.5) is 4.79 Å². The summed E-state index contributed by atoms with van der Waals surface area (Å²) in [7, 11) is -3.79. The smallest absolute Gasteiger partial charge is 0.422 e. The Labute approximate surface area is 114 Å². The van der Waals surface area contributed by atoms with Crippen molar-refractivity contribution in [2.45, 2.75) is 45.8 Å². The third-order valence-electron chi connectivity index (χ3n) is 2.84. The largest absolute Gasteiger partial charge is 0.446 e. The van der Waals surface area contributed by atoms with Gasteiger partial charge in [0, 0.05) is 19.1 Å². The molecule has 0 aromatic rings. The highest BCUT2D eigenvalue weighted by molar-refractivity contribution is 7.87. The van der Waals surface area contributed by atoms with Crippen LogP contribution in [0.2, 0.25) is 0 Å². The topological polar surface area (TPSA) is 87.7 Å². The van der Waals surface area contributed by atoms with Crippen LogP contribution in [0.1, 0.15) is 33.6 Å². The van der Waals surface area contributed by atoms with Crippen LogP contribution < -0.4 is 10.0 Å². The molecule has 0 bridgehead atoms. The van der Waals surface area contributed by atoms with Gasteiger partial charge in [0.05, 0.1) is 6.10 Å². The Kier molecular flexibility index (Phi) is 6.02. The van der Waals surface area contributed by atoms with E-state index >= 15 is 0 Å². The van der Waals surface area contributed by atoms with Crippen LogP contribution >= 0.6 is 0 Å². The molecule has 0 aromatic heterocycles. The highest BCUT2D eigenvalue weighted by Crippen LogP contribution is 2.13. The van der Waals surface area contributed by atoms with Crippen molar-refractivity contribution in [2.75, 3.05) is 19.6 Å². The van der Waals surface area contributed by atoms with Gasteiger partial charge in [0.15, 0.2) is 0 Å². The van der Waals surface area contributed by atoms with E-state index in [0.717, 1.165) is 19.4 Å². The van der Waals surface area contributed by atoms with Gasteiger partial charge < -0.3 is 10.1 Å². The Balaban J connectivity index is 2.48. The first-order chi connectivity index (χ1) is 8.85. The number of amides is 1. The number of hydrogen-bond donors (Lipinski definition) is 2. The van der Waals surface area contributed by atoms with Gasteiger partial charge >= 0.3 is 16.3 Å². The second kappa shape index (κ2) is 7.06. The first-order valence-electron chi connectivity index (χ1n) is 6.57. The van der Waals surface area contributed by atoms with E-state index < -0.39 is 16.3 Å². The molecule has 1 fully saturated rings. The number of piperidine rings is 1. The monoisotopic (exact) mass is 293 g/mol. The first-order valence-corrected chi connectivity index (χ1v) is 8.01. The van der Waals surface area contributed by atoms with E-state index in [-0.39, 0.29) is 6.10 Å². The summed E-state index contributed by atoms with van der Waals surface area (Å²) in [6.07, 6.45) is 0.209. The number of hydrogen-bond acceptors (Lipinski definition) is 5. The molecule has 8 heteroatoms. The predicted octanol–water partition coefficient (Wildman–Crippen LogP) is 0.440. The number of carbonyl (C=O) groups excluding carboxylic acids is 1. The van der Waals surface area contributed by atoms with Gasteiger partial charge in [0.1, 0.15) is 0 Å². The van der Waals surface area contributed by atoms with E-state index in [1.165, 1.54) is 4.31 Å². The average molecular weight is 293 g/mol. The Hall–Kier alpha value is -0.860. The van der Waals surface area contributed by atoms with Crippen molar-refractivity contribution in [1.82, 2.24) is 14.3 Å². The van der Waals surface area contributed by atoms with Gasteiger partial charge in [-0.2, -0.15) is 12.7 Å². The third kappa shape index (κ3) is 5.33. The van der Waals surface area contributed by atoms with Crippen molar-refractivity contribution in [2.24, 2.45) is 0 Å². The zero-order chi connectivity index (χ0) is 14.5. The summed E-state index contributed by atoms with van der Waals surface area (Å²) < 4.78 is 31.8. The molecule has 1 heterocycles. The minimum absolute atomic E-state index is 0.346. The quantitative estimate of drug-likeness (QED) is 0.768. The summed E-state index contributed by atoms with van der Waals surface area (Å²) in [5.41, 5.74) is 0. The van der Waals surface area contributed by atoms with Crippen LogP contribution in [-0.4, -0.2) is 50.6 Å². The summed E-state index contributed by atoms with van der Waals surface area (Å²) in [5.74, 6) is 0. The van der Waals surface area contributed by atoms with E-state index in [2.05, 4.69) is 5.32 Å². The van der Waals surface area contributed by atoms with Crippen molar-refractivity contribution in [3.63, 3.8) is 0 Å². The van der Waals surface area contributed by atoms with Gasteiger partial charge in [-0.1, -0.05) is 6.92 Å². The summed E-state index contributed by atoms with van der Waals surface area (Å²) in [6.45, 7) is 7.02. The number of ether oxygens (including phenoxy) is 1. The van der Waals surface area contributed by atoms with Crippen LogP contribution in [0, 0.1) is 0 Å². The molecule has 1 rings (SSSR count). The lowest BCUT2D eigenvalue weighted by atomic mass is 10.1. The second-order valence-electron chi connectivity index (χ2n) is 4.79. The maximum absolute atomic E-state index is 11.9. The second-order valence-corrected chi connectivity index (χ2v) is 6.46. The molecule has 1 aliphatic heterocycles. The van der Waals surface area contributed by atoms with Crippen molar-refractivity contribution in [3.05, 3.63) is 0 Å². The molecule has 0 spiro atoms. The van der Waals surface area contributed by atoms with Crippen molar-refractivity contribution in [1.29, 1.82) is 0 Å². The summed E-state index contributed by atoms with van der Waals surface area (Å²) in [5, 5.41) is 3.29. The van der Waals surface area contributed by atoms with Gasteiger partial charge in [-0.3, -0.25) is 0 Å². The average Bonchev–Trinajstić information content (AvgIpc) is 2.28. The van der Waals surface area contributed by atoms with Crippen LogP contribution in [0.3, 0.4) is 0 Å². The molecule has 1 saturated heterocycles. The van der Waals surface area contributed by atoms with E-state index in [1.807, 2.05) is 11.6 Å². The minimum Gasteiger partial charge on any atom is -0.446 e. The molecule has 0 radical (unpaired) electrons. The lowest BCUT2D eigenvalue weighted by Gasteiger charge is -2.31. The fourth-order valence-corrected chi connectivity index (χ4v) is 3.08. The number of nitrogens with zero attached hydrogens (tertiary/aromatic N) is 1. The molecule has 7 nitrogen and oxygen atoms in total. The van der Waals surface area contributed by atoms with E-state index in [4.69, 9.17) is 4.74 Å². The lowest BCUT2D eigenvalue weighted by Crippen LogP contribution is -2.50. The predicted molar refractivity (Wildman–Crippen MR) is 71.9 cm³/mol.